The quantitative estimate of drug-likeness (QED) is 0.782. The number of nitroso groups, excluding NO2 is 1. The number of aromatic nitrogens is 2. The van der Waals surface area contributed by atoms with Crippen molar-refractivity contribution in [2.24, 2.45) is 5.18 Å². The number of hydrogen-bond acceptors (Lipinski definition) is 3. The summed E-state index contributed by atoms with van der Waals surface area (Å²) in [4.78, 5) is 9.86. The molecule has 0 aliphatic heterocycles. The van der Waals surface area contributed by atoms with Crippen LogP contribution in [0.4, 0.5) is 5.82 Å². The highest BCUT2D eigenvalue weighted by Crippen LogP contribution is 2.29. The molecule has 9 heavy (non-hydrogen) atoms. The minimum absolute atomic E-state index is 0.127. The van der Waals surface area contributed by atoms with Gasteiger partial charge in [-0.15, -0.1) is 10.0 Å². The number of halogens is 2. The predicted molar refractivity (Wildman–Crippen MR) is 39.4 cm³/mol. The van der Waals surface area contributed by atoms with Crippen LogP contribution in [0.5, 0.6) is 0 Å². The second-order valence-corrected chi connectivity index (χ2v) is 2.85. The van der Waals surface area contributed by atoms with Gasteiger partial charge in [0.2, 0.25) is 5.82 Å². The van der Waals surface area contributed by atoms with E-state index in [1.165, 1.54) is 0 Å². The summed E-state index contributed by atoms with van der Waals surface area (Å²) in [5.74, 6) is 0.127. The van der Waals surface area contributed by atoms with Gasteiger partial charge in [-0.05, 0) is 37.0 Å². The van der Waals surface area contributed by atoms with E-state index in [-0.39, 0.29) is 5.82 Å². The van der Waals surface area contributed by atoms with Crippen LogP contribution in [-0.2, 0) is 0 Å². The molecule has 0 saturated carbocycles. The van der Waals surface area contributed by atoms with Gasteiger partial charge in [0.15, 0.2) is 0 Å². The van der Waals surface area contributed by atoms with Crippen molar-refractivity contribution in [3.05, 3.63) is 14.0 Å². The lowest BCUT2D eigenvalue weighted by molar-refractivity contribution is 1.06. The molecule has 0 unspecified atom stereocenters. The Balaban J connectivity index is 3.18. The minimum Gasteiger partial charge on any atom is -0.268 e. The van der Waals surface area contributed by atoms with Crippen molar-refractivity contribution in [3.63, 3.8) is 0 Å². The lowest BCUT2D eigenvalue weighted by Gasteiger charge is -1.77. The molecule has 1 heterocycles. The Morgan fingerprint density at radius 3 is 2.44 bits per heavy atom. The molecule has 1 N–H and O–H groups in total. The molecule has 0 atom stereocenters. The Hall–Kier alpha value is -0.230. The summed E-state index contributed by atoms with van der Waals surface area (Å²) in [5.41, 5.74) is 0. The molecule has 1 aromatic heterocycles. The van der Waals surface area contributed by atoms with Crippen LogP contribution in [0.25, 0.3) is 0 Å². The molecule has 1 aromatic rings. The first-order valence-corrected chi connectivity index (χ1v) is 3.57. The van der Waals surface area contributed by atoms with E-state index >= 15 is 0 Å². The van der Waals surface area contributed by atoms with E-state index in [1.807, 2.05) is 0 Å². The molecule has 0 fully saturated rings. The number of nitrogens with zero attached hydrogens (tertiary/aromatic N) is 2. The molecule has 0 aliphatic rings. The minimum atomic E-state index is 0.127. The zero-order valence-corrected chi connectivity index (χ0v) is 7.23. The van der Waals surface area contributed by atoms with Gasteiger partial charge in [0, 0.05) is 0 Å². The molecular formula is C3HBr2N3O. The summed E-state index contributed by atoms with van der Waals surface area (Å²) in [7, 11) is 0. The highest BCUT2D eigenvalue weighted by molar-refractivity contribution is 9.13. The normalized spacial score (nSPS) is 9.56. The summed E-state index contributed by atoms with van der Waals surface area (Å²) < 4.78 is 1.18. The van der Waals surface area contributed by atoms with Crippen LogP contribution >= 0.6 is 31.9 Å². The summed E-state index contributed by atoms with van der Waals surface area (Å²) in [6.07, 6.45) is 0. The largest absolute Gasteiger partial charge is 0.268 e. The van der Waals surface area contributed by atoms with Gasteiger partial charge in [-0.25, -0.2) is 0 Å². The maximum Gasteiger partial charge on any atom is 0.232 e. The average molecular weight is 255 g/mol. The highest BCUT2D eigenvalue weighted by atomic mass is 79.9. The van der Waals surface area contributed by atoms with Gasteiger partial charge in [0.25, 0.3) is 0 Å². The van der Waals surface area contributed by atoms with E-state index in [1.54, 1.807) is 0 Å². The first-order chi connectivity index (χ1) is 4.25. The smallest absolute Gasteiger partial charge is 0.232 e. The summed E-state index contributed by atoms with van der Waals surface area (Å²) in [5, 5.41) is 8.67. The van der Waals surface area contributed by atoms with Crippen molar-refractivity contribution >= 4 is 37.7 Å². The summed E-state index contributed by atoms with van der Waals surface area (Å²) >= 11 is 6.17. The summed E-state index contributed by atoms with van der Waals surface area (Å²) in [6.45, 7) is 0. The Labute approximate surface area is 67.3 Å². The topological polar surface area (TPSA) is 58.1 Å². The molecule has 4 nitrogen and oxygen atoms in total. The average Bonchev–Trinajstić information content (AvgIpc) is 2.15. The first-order valence-electron chi connectivity index (χ1n) is 1.98. The zero-order chi connectivity index (χ0) is 6.85. The van der Waals surface area contributed by atoms with E-state index in [0.29, 0.717) is 9.08 Å². The number of rotatable bonds is 1. The number of hydrogen-bond donors (Lipinski definition) is 1. The van der Waals surface area contributed by atoms with Crippen LogP contribution in [0.1, 0.15) is 0 Å². The fourth-order valence-electron chi connectivity index (χ4n) is 0.359. The maximum atomic E-state index is 9.86. The van der Waals surface area contributed by atoms with Crippen molar-refractivity contribution in [3.8, 4) is 0 Å². The van der Waals surface area contributed by atoms with Crippen molar-refractivity contribution < 1.29 is 0 Å². The molecule has 0 aromatic carbocycles. The Bertz CT molecular complexity index is 233. The van der Waals surface area contributed by atoms with Crippen LogP contribution in [-0.4, -0.2) is 10.2 Å². The van der Waals surface area contributed by atoms with Crippen molar-refractivity contribution in [2.75, 3.05) is 0 Å². The van der Waals surface area contributed by atoms with Gasteiger partial charge >= 0.3 is 0 Å². The Morgan fingerprint density at radius 1 is 1.56 bits per heavy atom. The van der Waals surface area contributed by atoms with Gasteiger partial charge < -0.3 is 0 Å². The molecular weight excluding hydrogens is 254 g/mol. The van der Waals surface area contributed by atoms with Crippen molar-refractivity contribution in [2.45, 2.75) is 0 Å². The van der Waals surface area contributed by atoms with Gasteiger partial charge in [-0.1, -0.05) is 0 Å². The zero-order valence-electron chi connectivity index (χ0n) is 4.06. The molecule has 48 valence electrons. The van der Waals surface area contributed by atoms with Crippen LogP contribution in [0, 0.1) is 4.91 Å². The maximum absolute atomic E-state index is 9.86. The number of nitrogens with one attached hydrogen (secondary N) is 1. The van der Waals surface area contributed by atoms with E-state index < -0.39 is 0 Å². The third kappa shape index (κ3) is 1.19. The summed E-state index contributed by atoms with van der Waals surface area (Å²) in [6, 6.07) is 0. The molecule has 0 saturated heterocycles. The standard InChI is InChI=1S/C3HBr2N3O/c4-1-2(5)6-7-3(1)8-9/h(H,6,7). The van der Waals surface area contributed by atoms with Crippen LogP contribution in [0.15, 0.2) is 14.3 Å². The van der Waals surface area contributed by atoms with Crippen molar-refractivity contribution in [1.29, 1.82) is 0 Å². The molecule has 0 aliphatic carbocycles. The first kappa shape index (κ1) is 6.88. The predicted octanol–water partition coefficient (Wildman–Crippen LogP) is 2.33. The molecule has 1 rings (SSSR count). The van der Waals surface area contributed by atoms with Crippen LogP contribution < -0.4 is 0 Å². The van der Waals surface area contributed by atoms with Gasteiger partial charge in [-0.2, -0.15) is 0 Å². The highest BCUT2D eigenvalue weighted by Gasteiger charge is 2.06. The SMILES string of the molecule is O=Nc1n[nH]c(Br)c1Br. The number of H-pyrrole nitrogens is 1. The second kappa shape index (κ2) is 2.57. The van der Waals surface area contributed by atoms with E-state index in [9.17, 15) is 4.91 Å². The monoisotopic (exact) mass is 253 g/mol. The fourth-order valence-corrected chi connectivity index (χ4v) is 0.875. The third-order valence-electron chi connectivity index (χ3n) is 0.735. The lowest BCUT2D eigenvalue weighted by atomic mass is 10.7. The molecule has 0 spiro atoms. The molecule has 0 bridgehead atoms. The Kier molecular flexibility index (Phi) is 1.97. The fraction of sp³-hybridized carbons (Fsp3) is 0. The van der Waals surface area contributed by atoms with Gasteiger partial charge in [-0.3, -0.25) is 5.10 Å². The van der Waals surface area contributed by atoms with Crippen molar-refractivity contribution in [1.82, 2.24) is 10.2 Å². The van der Waals surface area contributed by atoms with E-state index in [4.69, 9.17) is 0 Å². The second-order valence-electron chi connectivity index (χ2n) is 1.27. The number of aromatic amines is 1. The van der Waals surface area contributed by atoms with Gasteiger partial charge in [0.1, 0.15) is 4.60 Å². The van der Waals surface area contributed by atoms with E-state index in [2.05, 4.69) is 47.2 Å². The molecule has 0 radical (unpaired) electrons. The van der Waals surface area contributed by atoms with Crippen LogP contribution in [0.3, 0.4) is 0 Å². The molecule has 0 amide bonds. The lowest BCUT2D eigenvalue weighted by Crippen LogP contribution is -1.61. The third-order valence-corrected chi connectivity index (χ3v) is 2.59. The molecule has 6 heteroatoms. The van der Waals surface area contributed by atoms with E-state index in [0.717, 1.165) is 0 Å². The van der Waals surface area contributed by atoms with Crippen LogP contribution in [0.2, 0.25) is 0 Å². The van der Waals surface area contributed by atoms with Gasteiger partial charge in [0.05, 0.1) is 4.47 Å². The Morgan fingerprint density at radius 2 is 2.22 bits per heavy atom.